The van der Waals surface area contributed by atoms with Crippen LogP contribution in [0.15, 0.2) is 12.3 Å². The Bertz CT molecular complexity index is 566. The average molecular weight is 323 g/mol. The average Bonchev–Trinajstić information content (AvgIpc) is 2.36. The van der Waals surface area contributed by atoms with Crippen molar-refractivity contribution in [1.82, 2.24) is 9.88 Å². The molecule has 1 aromatic rings. The third-order valence-corrected chi connectivity index (χ3v) is 3.83. The Morgan fingerprint density at radius 2 is 2.05 bits per heavy atom. The van der Waals surface area contributed by atoms with Gasteiger partial charge >= 0.3 is 6.09 Å². The number of carbonyl (C=O) groups excluding carboxylic acids is 1. The molecule has 2 rings (SSSR count). The minimum atomic E-state index is -1.15. The Kier molecular flexibility index (Phi) is 4.73. The summed E-state index contributed by atoms with van der Waals surface area (Å²) in [5.41, 5.74) is -0.827. The van der Waals surface area contributed by atoms with Gasteiger partial charge in [0.1, 0.15) is 19.0 Å². The molecule has 118 valence electrons. The predicted octanol–water partition coefficient (Wildman–Crippen LogP) is 1.75. The molecule has 0 saturated carbocycles. The number of likely N-dealkylation sites (tertiary alicyclic amines) is 1. The Balaban J connectivity index is 2.06. The Labute approximate surface area is 137 Å². The highest BCUT2D eigenvalue weighted by Crippen LogP contribution is 2.35. The highest BCUT2D eigenvalue weighted by atomic mass is 35.5. The van der Waals surface area contributed by atoms with Crippen molar-refractivity contribution in [3.63, 3.8) is 0 Å². The number of hydrogen-bond acceptors (Lipinski definition) is 4. The topological polar surface area (TPSA) is 62.7 Å². The Morgan fingerprint density at radius 3 is 2.55 bits per heavy atom. The van der Waals surface area contributed by atoms with Gasteiger partial charge in [-0.25, -0.2) is 4.79 Å². The maximum Gasteiger partial charge on any atom is 0.410 e. The van der Waals surface area contributed by atoms with Gasteiger partial charge in [-0.05, 0) is 39.7 Å². The summed E-state index contributed by atoms with van der Waals surface area (Å²) in [7, 11) is 5.62. The van der Waals surface area contributed by atoms with Gasteiger partial charge in [-0.3, -0.25) is 4.98 Å². The molecule has 7 heteroatoms. The summed E-state index contributed by atoms with van der Waals surface area (Å²) in [6.45, 7) is 6.23. The fourth-order valence-electron chi connectivity index (χ4n) is 2.42. The molecule has 1 aliphatic heterocycles. The van der Waals surface area contributed by atoms with Crippen molar-refractivity contribution in [3.05, 3.63) is 23.0 Å². The number of pyridine rings is 1. The zero-order chi connectivity index (χ0) is 16.5. The van der Waals surface area contributed by atoms with Crippen LogP contribution in [0, 0.1) is 0 Å². The molecule has 2 heterocycles. The van der Waals surface area contributed by atoms with Crippen molar-refractivity contribution in [1.29, 1.82) is 0 Å². The van der Waals surface area contributed by atoms with Gasteiger partial charge in [-0.15, -0.1) is 0 Å². The molecular weight excluding hydrogens is 302 g/mol. The lowest BCUT2D eigenvalue weighted by Crippen LogP contribution is -2.47. The molecule has 1 amide bonds. The second-order valence-corrected chi connectivity index (χ2v) is 7.01. The van der Waals surface area contributed by atoms with E-state index in [0.717, 1.165) is 0 Å². The van der Waals surface area contributed by atoms with E-state index in [1.54, 1.807) is 11.0 Å². The molecule has 22 heavy (non-hydrogen) atoms. The first-order chi connectivity index (χ1) is 10.1. The minimum Gasteiger partial charge on any atom is -0.444 e. The Hall–Kier alpha value is -1.27. The number of rotatable bonds is 1. The summed E-state index contributed by atoms with van der Waals surface area (Å²) in [6.07, 6.45) is 1.80. The maximum absolute atomic E-state index is 12.0. The molecule has 0 atom stereocenters. The van der Waals surface area contributed by atoms with E-state index in [4.69, 9.17) is 24.2 Å². The lowest BCUT2D eigenvalue weighted by atomic mass is 9.86. The van der Waals surface area contributed by atoms with Gasteiger partial charge in [-0.1, -0.05) is 17.1 Å². The van der Waals surface area contributed by atoms with Crippen LogP contribution in [-0.4, -0.2) is 47.6 Å². The van der Waals surface area contributed by atoms with E-state index >= 15 is 0 Å². The SMILES string of the molecule is [B]c1cnc(C2(O)CCN(C(=O)OC(C)(C)C)CC2)c(Cl)c1. The summed E-state index contributed by atoms with van der Waals surface area (Å²) in [6, 6.07) is 1.57. The van der Waals surface area contributed by atoms with E-state index in [9.17, 15) is 9.90 Å². The Morgan fingerprint density at radius 1 is 1.45 bits per heavy atom. The smallest absolute Gasteiger partial charge is 0.410 e. The highest BCUT2D eigenvalue weighted by Gasteiger charge is 2.39. The van der Waals surface area contributed by atoms with Crippen molar-refractivity contribution < 1.29 is 14.6 Å². The summed E-state index contributed by atoms with van der Waals surface area (Å²) in [5, 5.41) is 11.1. The lowest BCUT2D eigenvalue weighted by Gasteiger charge is -2.38. The number of aromatic nitrogens is 1. The van der Waals surface area contributed by atoms with E-state index in [0.29, 0.717) is 42.1 Å². The molecule has 0 aromatic carbocycles. The minimum absolute atomic E-state index is 0.341. The van der Waals surface area contributed by atoms with Gasteiger partial charge in [0.2, 0.25) is 0 Å². The van der Waals surface area contributed by atoms with Gasteiger partial charge in [0.25, 0.3) is 0 Å². The molecular formula is C15H20BClN2O3. The lowest BCUT2D eigenvalue weighted by molar-refractivity contribution is -0.0380. The predicted molar refractivity (Wildman–Crippen MR) is 85.6 cm³/mol. The van der Waals surface area contributed by atoms with Gasteiger partial charge in [0, 0.05) is 19.3 Å². The van der Waals surface area contributed by atoms with Crippen LogP contribution in [0.2, 0.25) is 5.02 Å². The first-order valence-corrected chi connectivity index (χ1v) is 7.60. The molecule has 0 bridgehead atoms. The fourth-order valence-corrected chi connectivity index (χ4v) is 2.77. The molecule has 1 saturated heterocycles. The quantitative estimate of drug-likeness (QED) is 0.800. The van der Waals surface area contributed by atoms with Crippen LogP contribution >= 0.6 is 11.6 Å². The first kappa shape index (κ1) is 17.1. The highest BCUT2D eigenvalue weighted by molar-refractivity contribution is 6.36. The second kappa shape index (κ2) is 6.09. The zero-order valence-electron chi connectivity index (χ0n) is 13.1. The molecule has 0 spiro atoms. The van der Waals surface area contributed by atoms with Crippen molar-refractivity contribution in [2.24, 2.45) is 0 Å². The maximum atomic E-state index is 12.0. The molecule has 0 aliphatic carbocycles. The van der Waals surface area contributed by atoms with Crippen LogP contribution in [0.25, 0.3) is 0 Å². The zero-order valence-corrected chi connectivity index (χ0v) is 13.9. The molecule has 2 radical (unpaired) electrons. The molecule has 1 aliphatic rings. The normalized spacial score (nSPS) is 18.1. The summed E-state index contributed by atoms with van der Waals surface area (Å²) in [5.74, 6) is 0. The van der Waals surface area contributed by atoms with Gasteiger partial charge in [0.15, 0.2) is 0 Å². The van der Waals surface area contributed by atoms with E-state index < -0.39 is 11.2 Å². The molecule has 5 nitrogen and oxygen atoms in total. The third-order valence-electron chi connectivity index (χ3n) is 3.55. The molecule has 1 fully saturated rings. The number of amides is 1. The molecule has 1 N–H and O–H groups in total. The molecule has 0 unspecified atom stereocenters. The van der Waals surface area contributed by atoms with Crippen LogP contribution in [0.3, 0.4) is 0 Å². The standard InChI is InChI=1S/C15H20BClN2O3/c1-14(2,3)22-13(20)19-6-4-15(21,5-7-19)12-11(17)8-10(16)9-18-12/h8-9,21H,4-7H2,1-3H3. The van der Waals surface area contributed by atoms with E-state index in [2.05, 4.69) is 4.98 Å². The van der Waals surface area contributed by atoms with Crippen LogP contribution in [0.1, 0.15) is 39.3 Å². The van der Waals surface area contributed by atoms with Crippen LogP contribution in [0.4, 0.5) is 4.79 Å². The molecule has 1 aromatic heterocycles. The number of piperidine rings is 1. The van der Waals surface area contributed by atoms with E-state index in [1.807, 2.05) is 20.8 Å². The van der Waals surface area contributed by atoms with Crippen molar-refractivity contribution >= 4 is 31.0 Å². The van der Waals surface area contributed by atoms with E-state index in [-0.39, 0.29) is 6.09 Å². The second-order valence-electron chi connectivity index (χ2n) is 6.60. The monoisotopic (exact) mass is 322 g/mol. The number of halogens is 1. The largest absolute Gasteiger partial charge is 0.444 e. The fraction of sp³-hybridized carbons (Fsp3) is 0.600. The van der Waals surface area contributed by atoms with Gasteiger partial charge < -0.3 is 14.7 Å². The number of hydrogen-bond donors (Lipinski definition) is 1. The number of aliphatic hydroxyl groups is 1. The van der Waals surface area contributed by atoms with Crippen molar-refractivity contribution in [2.45, 2.75) is 44.8 Å². The summed E-state index contributed by atoms with van der Waals surface area (Å²) >= 11 is 6.13. The number of nitrogens with zero attached hydrogens (tertiary/aromatic N) is 2. The van der Waals surface area contributed by atoms with Crippen LogP contribution < -0.4 is 5.46 Å². The first-order valence-electron chi connectivity index (χ1n) is 7.22. The van der Waals surface area contributed by atoms with Crippen LogP contribution in [0.5, 0.6) is 0 Å². The third kappa shape index (κ3) is 3.93. The number of carbonyl (C=O) groups is 1. The van der Waals surface area contributed by atoms with Crippen molar-refractivity contribution in [3.8, 4) is 0 Å². The van der Waals surface area contributed by atoms with E-state index in [1.165, 1.54) is 6.20 Å². The summed E-state index contributed by atoms with van der Waals surface area (Å²) < 4.78 is 5.34. The van der Waals surface area contributed by atoms with Gasteiger partial charge in [-0.2, -0.15) is 0 Å². The summed E-state index contributed by atoms with van der Waals surface area (Å²) in [4.78, 5) is 17.8. The number of ether oxygens (including phenoxy) is 1. The van der Waals surface area contributed by atoms with Crippen LogP contribution in [-0.2, 0) is 10.3 Å². The van der Waals surface area contributed by atoms with Gasteiger partial charge in [0.05, 0.1) is 10.7 Å². The van der Waals surface area contributed by atoms with Crippen molar-refractivity contribution in [2.75, 3.05) is 13.1 Å².